The van der Waals surface area contributed by atoms with Gasteiger partial charge in [0.1, 0.15) is 23.0 Å². The first-order valence-electron chi connectivity index (χ1n) is 10.1. The van der Waals surface area contributed by atoms with Crippen LogP contribution in [0.2, 0.25) is 0 Å². The van der Waals surface area contributed by atoms with E-state index in [0.29, 0.717) is 39.4 Å². The summed E-state index contributed by atoms with van der Waals surface area (Å²) in [6, 6.07) is 14.4. The van der Waals surface area contributed by atoms with Gasteiger partial charge in [0.25, 0.3) is 0 Å². The Kier molecular flexibility index (Phi) is 11.5. The first-order valence-corrected chi connectivity index (χ1v) is 11.3. The van der Waals surface area contributed by atoms with Gasteiger partial charge in [0.05, 0.1) is 0 Å². The van der Waals surface area contributed by atoms with E-state index in [1.54, 1.807) is 30.3 Å². The maximum absolute atomic E-state index is 11.8. The molecular weight excluding hydrogens is 472 g/mol. The van der Waals surface area contributed by atoms with Crippen molar-refractivity contribution in [2.75, 3.05) is 25.6 Å². The van der Waals surface area contributed by atoms with E-state index in [9.17, 15) is 15.0 Å². The number of aldehydes is 1. The predicted octanol–water partition coefficient (Wildman–Crippen LogP) is 4.66. The van der Waals surface area contributed by atoms with Crippen LogP contribution < -0.4 is 16.2 Å². The number of carbonyl (C=O) groups is 1. The normalized spacial score (nSPS) is 11.9. The Morgan fingerprint density at radius 1 is 1.00 bits per heavy atom. The number of hydrogen-bond donors (Lipinski definition) is 5. The third-order valence-electron chi connectivity index (χ3n) is 4.80. The van der Waals surface area contributed by atoms with E-state index in [2.05, 4.69) is 36.5 Å². The van der Waals surface area contributed by atoms with Gasteiger partial charge in [-0.05, 0) is 55.1 Å². The third-order valence-corrected chi connectivity index (χ3v) is 4.80. The predicted molar refractivity (Wildman–Crippen MR) is 144 cm³/mol. The van der Waals surface area contributed by atoms with E-state index in [1.165, 1.54) is 38.4 Å². The second kappa shape index (κ2) is 13.6. The van der Waals surface area contributed by atoms with Crippen molar-refractivity contribution in [3.63, 3.8) is 0 Å². The number of thiol groups is 1. The van der Waals surface area contributed by atoms with Crippen molar-refractivity contribution in [3.05, 3.63) is 76.9 Å². The third kappa shape index (κ3) is 5.68. The van der Waals surface area contributed by atoms with Crippen molar-refractivity contribution >= 4 is 42.7 Å². The summed E-state index contributed by atoms with van der Waals surface area (Å²) in [6.07, 6.45) is 0.724. The molecule has 0 atom stereocenters. The number of phenolic OH excluding ortho intramolecular Hbond substituents is 2. The lowest BCUT2D eigenvalue weighted by Gasteiger charge is -2.40. The number of fused-ring (bicyclic) bond motifs is 2. The number of ether oxygens (including phenoxy) is 2. The van der Waals surface area contributed by atoms with Gasteiger partial charge >= 0.3 is 0 Å². The van der Waals surface area contributed by atoms with Crippen molar-refractivity contribution in [3.8, 4) is 23.0 Å². The van der Waals surface area contributed by atoms with Crippen molar-refractivity contribution in [2.45, 2.75) is 12.5 Å². The fourth-order valence-corrected chi connectivity index (χ4v) is 3.66. The zero-order valence-corrected chi connectivity index (χ0v) is 21.0. The number of hydrogen-bond acceptors (Lipinski definition) is 9. The minimum Gasteiger partial charge on any atom is -0.508 e. The van der Waals surface area contributed by atoms with Crippen molar-refractivity contribution in [1.29, 1.82) is 0 Å². The Morgan fingerprint density at radius 3 is 1.85 bits per heavy atom. The second-order valence-corrected chi connectivity index (χ2v) is 7.26. The van der Waals surface area contributed by atoms with E-state index in [0.717, 1.165) is 12.0 Å². The van der Waals surface area contributed by atoms with Gasteiger partial charge in [-0.1, -0.05) is 25.2 Å². The lowest BCUT2D eigenvalue weighted by atomic mass is 9.76. The van der Waals surface area contributed by atoms with E-state index in [1.807, 2.05) is 6.92 Å². The summed E-state index contributed by atoms with van der Waals surface area (Å²) in [4.78, 5) is 11.8. The minimum absolute atomic E-state index is 0.0234. The molecule has 0 radical (unpaired) electrons. The van der Waals surface area contributed by atoms with Gasteiger partial charge in [-0.2, -0.15) is 12.6 Å². The van der Waals surface area contributed by atoms with Crippen LogP contribution in [0.4, 0.5) is 5.69 Å². The first kappa shape index (κ1) is 28.9. The molecule has 0 spiro atoms. The largest absolute Gasteiger partial charge is 0.508 e. The Labute approximate surface area is 210 Å². The monoisotopic (exact) mass is 502 g/mol. The highest BCUT2D eigenvalue weighted by Crippen LogP contribution is 2.54. The Bertz CT molecular complexity index is 1060. The lowest BCUT2D eigenvalue weighted by Crippen LogP contribution is -2.35. The number of methoxy groups -OCH3 is 1. The number of nitrogens with two attached hydrogens (primary N) is 2. The van der Waals surface area contributed by atoms with Crippen LogP contribution in [0, 0.1) is 0 Å². The molecule has 1 aliphatic rings. The molecule has 1 heterocycles. The molecule has 0 saturated heterocycles. The van der Waals surface area contributed by atoms with Crippen LogP contribution in [0.3, 0.4) is 0 Å². The molecule has 1 aliphatic heterocycles. The van der Waals surface area contributed by atoms with E-state index in [-0.39, 0.29) is 11.5 Å². The van der Waals surface area contributed by atoms with Gasteiger partial charge in [0, 0.05) is 47.2 Å². The Morgan fingerprint density at radius 2 is 1.44 bits per heavy atom. The molecule has 0 aromatic heterocycles. The van der Waals surface area contributed by atoms with Crippen LogP contribution in [0.1, 0.15) is 34.0 Å². The summed E-state index contributed by atoms with van der Waals surface area (Å²) in [5.74, 6) is 4.55. The van der Waals surface area contributed by atoms with Crippen molar-refractivity contribution < 1.29 is 24.5 Å². The lowest BCUT2D eigenvalue weighted by molar-refractivity contribution is 0.0490. The molecule has 4 rings (SSSR count). The first-order chi connectivity index (χ1) is 16.4. The van der Waals surface area contributed by atoms with Gasteiger partial charge in [0.2, 0.25) is 0 Å². The maximum atomic E-state index is 11.8. The molecule has 0 fully saturated rings. The molecule has 182 valence electrons. The van der Waals surface area contributed by atoms with Crippen LogP contribution in [-0.4, -0.2) is 42.3 Å². The van der Waals surface area contributed by atoms with Crippen LogP contribution in [0.15, 0.2) is 54.6 Å². The average Bonchev–Trinajstić information content (AvgIpc) is 2.85. The Hall–Kier alpha value is -3.11. The number of thiocarbonyl (C=S) groups is 1. The van der Waals surface area contributed by atoms with Crippen molar-refractivity contribution in [2.24, 2.45) is 5.73 Å². The highest BCUT2D eigenvalue weighted by atomic mass is 32.1. The van der Waals surface area contributed by atoms with Crippen LogP contribution in [0.5, 0.6) is 23.0 Å². The number of nitrogen functional groups attached to an aromatic ring is 1. The second-order valence-electron chi connectivity index (χ2n) is 6.63. The summed E-state index contributed by atoms with van der Waals surface area (Å²) >= 11 is 7.62. The highest BCUT2D eigenvalue weighted by Gasteiger charge is 2.45. The smallest absolute Gasteiger partial charge is 0.151 e. The van der Waals surface area contributed by atoms with Crippen LogP contribution in [0.25, 0.3) is 0 Å². The standard InChI is InChI=1S/C21H17NO5.C2H6S.CH5N.CH2S/c1-26-21(16-5-2-13(22)8-12(16)11-23)17-6-3-14(24)9-19(17)27-20-10-15(25)4-7-18(20)21;1-2-3;2*1-2/h2-11,24-25H,22H2,1H3;3H,2H2,1H3;2H2,1H3;1H2. The number of aromatic hydroxyl groups is 2. The number of phenols is 2. The average molecular weight is 503 g/mol. The van der Waals surface area contributed by atoms with Gasteiger partial charge in [0.15, 0.2) is 11.9 Å². The summed E-state index contributed by atoms with van der Waals surface area (Å²) in [6.45, 7) is 1.99. The summed E-state index contributed by atoms with van der Waals surface area (Å²) < 4.78 is 11.9. The summed E-state index contributed by atoms with van der Waals surface area (Å²) in [5.41, 5.74) is 11.8. The molecule has 0 saturated carbocycles. The van der Waals surface area contributed by atoms with Gasteiger partial charge < -0.3 is 31.2 Å². The molecule has 7 nitrogen and oxygen atoms in total. The summed E-state index contributed by atoms with van der Waals surface area (Å²) in [5, 5.41) is 19.8. The molecule has 3 aromatic rings. The maximum Gasteiger partial charge on any atom is 0.151 e. The number of carbonyl (C=O) groups excluding carboxylic acids is 1. The quantitative estimate of drug-likeness (QED) is 0.151. The van der Waals surface area contributed by atoms with Crippen LogP contribution >= 0.6 is 24.8 Å². The van der Waals surface area contributed by atoms with Crippen molar-refractivity contribution in [1.82, 2.24) is 0 Å². The molecule has 0 amide bonds. The molecular formula is C25H30N2O5S2. The van der Waals surface area contributed by atoms with E-state index in [4.69, 9.17) is 15.2 Å². The van der Waals surface area contributed by atoms with Crippen LogP contribution in [-0.2, 0) is 10.3 Å². The number of rotatable bonds is 3. The zero-order chi connectivity index (χ0) is 25.9. The molecule has 0 aliphatic carbocycles. The highest BCUT2D eigenvalue weighted by molar-refractivity contribution is 7.80. The summed E-state index contributed by atoms with van der Waals surface area (Å²) in [7, 11) is 3.03. The van der Waals surface area contributed by atoms with Gasteiger partial charge in [-0.3, -0.25) is 4.79 Å². The SMILES string of the molecule is C=S.CCS.CN.COC1(c2ccc(N)cc2C=O)c2ccc(O)cc2Oc2cc(O)ccc21. The number of benzene rings is 3. The van der Waals surface area contributed by atoms with Gasteiger partial charge in [-0.15, -0.1) is 0 Å². The molecule has 3 aromatic carbocycles. The fourth-order valence-electron chi connectivity index (χ4n) is 3.66. The van der Waals surface area contributed by atoms with E-state index < -0.39 is 5.60 Å². The molecule has 0 bridgehead atoms. The molecule has 34 heavy (non-hydrogen) atoms. The van der Waals surface area contributed by atoms with Gasteiger partial charge in [-0.25, -0.2) is 0 Å². The minimum atomic E-state index is -1.19. The molecule has 0 unspecified atom stereocenters. The topological polar surface area (TPSA) is 128 Å². The molecule has 6 N–H and O–H groups in total. The Balaban J connectivity index is 0.000000750. The zero-order valence-electron chi connectivity index (χ0n) is 19.3. The number of anilines is 1. The fraction of sp³-hybridized carbons (Fsp3) is 0.200. The van der Waals surface area contributed by atoms with E-state index >= 15 is 0 Å². The molecule has 9 heteroatoms.